The van der Waals surface area contributed by atoms with Crippen LogP contribution in [-0.2, 0) is 7.05 Å². The first-order valence-corrected chi connectivity index (χ1v) is 7.14. The lowest BCUT2D eigenvalue weighted by molar-refractivity contribution is 0.0687. The maximum Gasteiger partial charge on any atom is 0.359 e. The predicted octanol–water partition coefficient (Wildman–Crippen LogP) is 1.39. The largest absolute Gasteiger partial charge is 0.476 e. The zero-order chi connectivity index (χ0) is 17.8. The molecule has 8 heteroatoms. The van der Waals surface area contributed by atoms with Gasteiger partial charge in [0.1, 0.15) is 5.75 Å². The molecule has 2 heterocycles. The fourth-order valence-electron chi connectivity index (χ4n) is 1.92. The Morgan fingerprint density at radius 1 is 1.20 bits per heavy atom. The molecule has 0 aliphatic heterocycles. The predicted molar refractivity (Wildman–Crippen MR) is 87.5 cm³/mol. The van der Waals surface area contributed by atoms with E-state index in [2.05, 4.69) is 27.3 Å². The van der Waals surface area contributed by atoms with E-state index in [0.29, 0.717) is 16.9 Å². The van der Waals surface area contributed by atoms with Crippen molar-refractivity contribution in [1.82, 2.24) is 20.0 Å². The lowest BCUT2D eigenvalue weighted by Crippen LogP contribution is -2.14. The van der Waals surface area contributed by atoms with Crippen LogP contribution in [0.4, 0.5) is 0 Å². The number of hydrogen-bond donors (Lipinski definition) is 2. The van der Waals surface area contributed by atoms with Gasteiger partial charge < -0.3 is 14.4 Å². The normalized spacial score (nSPS) is 9.96. The summed E-state index contributed by atoms with van der Waals surface area (Å²) in [5.41, 5.74) is 0.982. The molecular formula is C17H12N4O4. The molecule has 25 heavy (non-hydrogen) atoms. The Kier molecular flexibility index (Phi) is 4.30. The van der Waals surface area contributed by atoms with E-state index in [0.717, 1.165) is 0 Å². The number of aromatic carboxylic acids is 1. The third-order valence-corrected chi connectivity index (χ3v) is 3.25. The van der Waals surface area contributed by atoms with E-state index < -0.39 is 5.97 Å². The van der Waals surface area contributed by atoms with Gasteiger partial charge in [0.25, 0.3) is 11.4 Å². The Morgan fingerprint density at radius 2 is 1.92 bits per heavy atom. The molecule has 0 aliphatic rings. The Morgan fingerprint density at radius 3 is 2.60 bits per heavy atom. The molecule has 0 fully saturated rings. The van der Waals surface area contributed by atoms with Crippen LogP contribution in [-0.4, -0.2) is 31.1 Å². The van der Waals surface area contributed by atoms with Crippen LogP contribution >= 0.6 is 0 Å². The van der Waals surface area contributed by atoms with Crippen molar-refractivity contribution in [3.8, 4) is 23.5 Å². The van der Waals surface area contributed by atoms with Gasteiger partial charge in [-0.2, -0.15) is 0 Å². The van der Waals surface area contributed by atoms with Crippen molar-refractivity contribution in [2.45, 2.75) is 0 Å². The average Bonchev–Trinajstić information content (AvgIpc) is 3.06. The second-order valence-electron chi connectivity index (χ2n) is 5.04. The van der Waals surface area contributed by atoms with Crippen LogP contribution in [0.2, 0.25) is 0 Å². The molecule has 0 aliphatic carbocycles. The molecule has 0 saturated heterocycles. The van der Waals surface area contributed by atoms with Crippen molar-refractivity contribution >= 4 is 5.97 Å². The quantitative estimate of drug-likeness (QED) is 0.700. The van der Waals surface area contributed by atoms with E-state index in [1.165, 1.54) is 10.6 Å². The van der Waals surface area contributed by atoms with Crippen LogP contribution in [0.15, 0.2) is 47.4 Å². The summed E-state index contributed by atoms with van der Waals surface area (Å²) in [5, 5.41) is 18.2. The van der Waals surface area contributed by atoms with Crippen molar-refractivity contribution in [3.05, 3.63) is 69.8 Å². The smallest absolute Gasteiger partial charge is 0.359 e. The lowest BCUT2D eigenvalue weighted by atomic mass is 10.2. The summed E-state index contributed by atoms with van der Waals surface area (Å²) in [5.74, 6) is 4.92. The van der Waals surface area contributed by atoms with E-state index in [4.69, 9.17) is 9.84 Å². The van der Waals surface area contributed by atoms with E-state index in [-0.39, 0.29) is 17.1 Å². The standard InChI is InChI=1S/C17H12N4O4/c1-21-9-8-12(10-14(21)22)3-2-11-4-6-13(7-5-11)25-16-15(17(23)24)18-20-19-16/h4-10H,1H3,(H,23,24)(H,18,19,20). The fraction of sp³-hybridized carbons (Fsp3) is 0.0588. The van der Waals surface area contributed by atoms with Crippen LogP contribution in [0, 0.1) is 11.8 Å². The van der Waals surface area contributed by atoms with Crippen LogP contribution in [0.3, 0.4) is 0 Å². The van der Waals surface area contributed by atoms with Crippen molar-refractivity contribution in [2.75, 3.05) is 0 Å². The highest BCUT2D eigenvalue weighted by Gasteiger charge is 2.16. The molecular weight excluding hydrogens is 324 g/mol. The van der Waals surface area contributed by atoms with Crippen LogP contribution in [0.25, 0.3) is 0 Å². The molecule has 8 nitrogen and oxygen atoms in total. The molecule has 124 valence electrons. The topological polar surface area (TPSA) is 110 Å². The van der Waals surface area contributed by atoms with Gasteiger partial charge in [0, 0.05) is 30.4 Å². The lowest BCUT2D eigenvalue weighted by Gasteiger charge is -2.02. The molecule has 1 aromatic carbocycles. The molecule has 0 bridgehead atoms. The second kappa shape index (κ2) is 6.72. The molecule has 3 aromatic rings. The highest BCUT2D eigenvalue weighted by atomic mass is 16.5. The molecule has 0 radical (unpaired) electrons. The monoisotopic (exact) mass is 336 g/mol. The Hall–Kier alpha value is -3.86. The molecule has 0 spiro atoms. The molecule has 2 N–H and O–H groups in total. The van der Waals surface area contributed by atoms with Crippen LogP contribution in [0.1, 0.15) is 21.6 Å². The van der Waals surface area contributed by atoms with Crippen molar-refractivity contribution < 1.29 is 14.6 Å². The summed E-state index contributed by atoms with van der Waals surface area (Å²) in [6.45, 7) is 0. The third-order valence-electron chi connectivity index (χ3n) is 3.25. The van der Waals surface area contributed by atoms with E-state index >= 15 is 0 Å². The van der Waals surface area contributed by atoms with Gasteiger partial charge in [-0.05, 0) is 30.3 Å². The maximum atomic E-state index is 11.5. The van der Waals surface area contributed by atoms with Gasteiger partial charge in [-0.3, -0.25) is 4.79 Å². The first-order valence-electron chi connectivity index (χ1n) is 7.14. The minimum absolute atomic E-state index is 0.119. The fourth-order valence-corrected chi connectivity index (χ4v) is 1.92. The minimum atomic E-state index is -1.21. The van der Waals surface area contributed by atoms with Crippen LogP contribution < -0.4 is 10.3 Å². The van der Waals surface area contributed by atoms with Gasteiger partial charge in [-0.15, -0.1) is 0 Å². The molecule has 0 atom stereocenters. The highest BCUT2D eigenvalue weighted by molar-refractivity contribution is 5.87. The average molecular weight is 336 g/mol. The number of carboxylic acid groups (broad SMARTS) is 1. The number of aromatic nitrogens is 4. The van der Waals surface area contributed by atoms with Gasteiger partial charge in [0.2, 0.25) is 5.69 Å². The molecule has 0 saturated carbocycles. The van der Waals surface area contributed by atoms with Crippen molar-refractivity contribution in [1.29, 1.82) is 0 Å². The van der Waals surface area contributed by atoms with Gasteiger partial charge in [0.05, 0.1) is 0 Å². The number of aromatic amines is 1. The zero-order valence-corrected chi connectivity index (χ0v) is 13.1. The SMILES string of the molecule is Cn1ccc(C#Cc2ccc(Oc3nn[nH]c3C(=O)O)cc2)cc1=O. The van der Waals surface area contributed by atoms with E-state index in [1.807, 2.05) is 0 Å². The summed E-state index contributed by atoms with van der Waals surface area (Å²) in [6, 6.07) is 9.91. The Labute approximate surface area is 141 Å². The maximum absolute atomic E-state index is 11.5. The Bertz CT molecular complexity index is 1040. The Balaban J connectivity index is 1.75. The number of nitrogens with zero attached hydrogens (tertiary/aromatic N) is 3. The number of ether oxygens (including phenoxy) is 1. The summed E-state index contributed by atoms with van der Waals surface area (Å²) >= 11 is 0. The minimum Gasteiger partial charge on any atom is -0.476 e. The van der Waals surface area contributed by atoms with Gasteiger partial charge in [-0.25, -0.2) is 9.89 Å². The number of carbonyl (C=O) groups is 1. The number of benzene rings is 1. The summed E-state index contributed by atoms with van der Waals surface area (Å²) in [4.78, 5) is 22.5. The number of pyridine rings is 1. The first-order chi connectivity index (χ1) is 12.0. The zero-order valence-electron chi connectivity index (χ0n) is 13.1. The number of hydrogen-bond acceptors (Lipinski definition) is 5. The van der Waals surface area contributed by atoms with Gasteiger partial charge in [0.15, 0.2) is 0 Å². The second-order valence-corrected chi connectivity index (χ2v) is 5.04. The number of carboxylic acids is 1. The highest BCUT2D eigenvalue weighted by Crippen LogP contribution is 2.21. The summed E-state index contributed by atoms with van der Waals surface area (Å²) in [6.07, 6.45) is 1.65. The van der Waals surface area contributed by atoms with E-state index in [9.17, 15) is 9.59 Å². The molecule has 0 amide bonds. The first kappa shape index (κ1) is 16.0. The van der Waals surface area contributed by atoms with Crippen LogP contribution in [0.5, 0.6) is 11.6 Å². The number of aryl methyl sites for hydroxylation is 1. The van der Waals surface area contributed by atoms with Gasteiger partial charge in [-0.1, -0.05) is 22.2 Å². The van der Waals surface area contributed by atoms with Gasteiger partial charge >= 0.3 is 5.97 Å². The third kappa shape index (κ3) is 3.73. The summed E-state index contributed by atoms with van der Waals surface area (Å²) in [7, 11) is 1.67. The number of H-pyrrole nitrogens is 1. The molecule has 3 rings (SSSR count). The molecule has 0 unspecified atom stereocenters. The van der Waals surface area contributed by atoms with E-state index in [1.54, 1.807) is 43.6 Å². The molecule has 2 aromatic heterocycles. The number of rotatable bonds is 3. The summed E-state index contributed by atoms with van der Waals surface area (Å²) < 4.78 is 6.84. The van der Waals surface area contributed by atoms with Crippen molar-refractivity contribution in [2.24, 2.45) is 7.05 Å². The number of nitrogens with one attached hydrogen (secondary N) is 1. The van der Waals surface area contributed by atoms with Crippen molar-refractivity contribution in [3.63, 3.8) is 0 Å².